The Balaban J connectivity index is 1.56. The predicted octanol–water partition coefficient (Wildman–Crippen LogP) is 4.47. The van der Waals surface area contributed by atoms with Crippen molar-refractivity contribution in [3.05, 3.63) is 59.6 Å². The van der Waals surface area contributed by atoms with Gasteiger partial charge in [0.15, 0.2) is 5.13 Å². The summed E-state index contributed by atoms with van der Waals surface area (Å²) in [6.45, 7) is 0.646. The van der Waals surface area contributed by atoms with E-state index in [1.807, 2.05) is 35.7 Å². The molecule has 5 nitrogen and oxygen atoms in total. The van der Waals surface area contributed by atoms with Crippen molar-refractivity contribution in [2.75, 3.05) is 22.9 Å². The fourth-order valence-corrected chi connectivity index (χ4v) is 3.36. The van der Waals surface area contributed by atoms with Crippen LogP contribution in [0.25, 0.3) is 0 Å². The van der Waals surface area contributed by atoms with Crippen molar-refractivity contribution >= 4 is 39.8 Å². The van der Waals surface area contributed by atoms with E-state index in [2.05, 4.69) is 27.2 Å². The standard InChI is InChI=1S/C17H18N4OS2/c1-22-15-4-2-3-12(16(15)18)11-20-13-5-7-14(8-6-13)24-21-17-19-9-10-23-17/h2-10,20H,11,18H2,1H3,(H,19,21). The molecule has 3 rings (SSSR count). The normalized spacial score (nSPS) is 10.4. The maximum absolute atomic E-state index is 6.09. The summed E-state index contributed by atoms with van der Waals surface area (Å²) in [6, 6.07) is 14.0. The Morgan fingerprint density at radius 3 is 2.75 bits per heavy atom. The number of benzene rings is 2. The van der Waals surface area contributed by atoms with Gasteiger partial charge in [-0.1, -0.05) is 12.1 Å². The van der Waals surface area contributed by atoms with Gasteiger partial charge in [-0.05, 0) is 47.8 Å². The van der Waals surface area contributed by atoms with E-state index < -0.39 is 0 Å². The number of rotatable bonds is 7. The molecule has 0 spiro atoms. The molecule has 1 heterocycles. The molecule has 0 saturated carbocycles. The number of hydrogen-bond acceptors (Lipinski definition) is 7. The third kappa shape index (κ3) is 4.12. The summed E-state index contributed by atoms with van der Waals surface area (Å²) in [5, 5.41) is 6.22. The minimum absolute atomic E-state index is 0.646. The summed E-state index contributed by atoms with van der Waals surface area (Å²) in [5.74, 6) is 0.703. The number of nitrogens with two attached hydrogens (primary N) is 1. The maximum atomic E-state index is 6.09. The lowest BCUT2D eigenvalue weighted by molar-refractivity contribution is 0.416. The van der Waals surface area contributed by atoms with Crippen LogP contribution in [0.3, 0.4) is 0 Å². The Morgan fingerprint density at radius 1 is 1.21 bits per heavy atom. The number of nitrogens with zero attached hydrogens (tertiary/aromatic N) is 1. The van der Waals surface area contributed by atoms with Crippen molar-refractivity contribution in [1.29, 1.82) is 0 Å². The molecule has 7 heteroatoms. The fourth-order valence-electron chi connectivity index (χ4n) is 2.14. The van der Waals surface area contributed by atoms with Crippen molar-refractivity contribution in [1.82, 2.24) is 4.98 Å². The van der Waals surface area contributed by atoms with Crippen LogP contribution in [0, 0.1) is 0 Å². The van der Waals surface area contributed by atoms with Gasteiger partial charge in [-0.3, -0.25) is 0 Å². The number of ether oxygens (including phenoxy) is 1. The maximum Gasteiger partial charge on any atom is 0.192 e. The molecule has 0 bridgehead atoms. The van der Waals surface area contributed by atoms with E-state index in [0.29, 0.717) is 18.0 Å². The van der Waals surface area contributed by atoms with E-state index >= 15 is 0 Å². The molecular formula is C17H18N4OS2. The van der Waals surface area contributed by atoms with Gasteiger partial charge in [0.05, 0.1) is 12.8 Å². The predicted molar refractivity (Wildman–Crippen MR) is 103 cm³/mol. The summed E-state index contributed by atoms with van der Waals surface area (Å²) in [5.41, 5.74) is 8.81. The van der Waals surface area contributed by atoms with Gasteiger partial charge in [0.1, 0.15) is 5.75 Å². The third-order valence-electron chi connectivity index (χ3n) is 3.40. The van der Waals surface area contributed by atoms with Gasteiger partial charge >= 0.3 is 0 Å². The second kappa shape index (κ2) is 7.94. The van der Waals surface area contributed by atoms with E-state index in [1.165, 1.54) is 0 Å². The molecule has 0 aliphatic heterocycles. The molecule has 1 aromatic heterocycles. The lowest BCUT2D eigenvalue weighted by Gasteiger charge is -2.12. The first-order chi connectivity index (χ1) is 11.8. The first-order valence-electron chi connectivity index (χ1n) is 7.34. The van der Waals surface area contributed by atoms with E-state index in [0.717, 1.165) is 21.3 Å². The highest BCUT2D eigenvalue weighted by Crippen LogP contribution is 2.26. The Hall–Kier alpha value is -2.38. The van der Waals surface area contributed by atoms with Crippen molar-refractivity contribution in [3.8, 4) is 5.75 Å². The average molecular weight is 358 g/mol. The molecular weight excluding hydrogens is 340 g/mol. The summed E-state index contributed by atoms with van der Waals surface area (Å²) in [6.07, 6.45) is 1.78. The minimum Gasteiger partial charge on any atom is -0.495 e. The smallest absolute Gasteiger partial charge is 0.192 e. The molecule has 0 atom stereocenters. The van der Waals surface area contributed by atoms with Crippen molar-refractivity contribution in [3.63, 3.8) is 0 Å². The van der Waals surface area contributed by atoms with E-state index in [9.17, 15) is 0 Å². The lowest BCUT2D eigenvalue weighted by atomic mass is 10.1. The third-order valence-corrected chi connectivity index (χ3v) is 5.02. The molecule has 0 radical (unpaired) electrons. The molecule has 0 fully saturated rings. The molecule has 0 unspecified atom stereocenters. The zero-order valence-electron chi connectivity index (χ0n) is 13.2. The molecule has 0 amide bonds. The Kier molecular flexibility index (Phi) is 5.45. The second-order valence-electron chi connectivity index (χ2n) is 4.95. The minimum atomic E-state index is 0.646. The highest BCUT2D eigenvalue weighted by molar-refractivity contribution is 8.00. The van der Waals surface area contributed by atoms with Crippen LogP contribution in [0.15, 0.2) is 58.9 Å². The largest absolute Gasteiger partial charge is 0.495 e. The molecule has 0 saturated heterocycles. The number of nitrogens with one attached hydrogen (secondary N) is 2. The first kappa shape index (κ1) is 16.5. The molecule has 2 aromatic carbocycles. The Bertz CT molecular complexity index is 776. The Morgan fingerprint density at radius 2 is 2.04 bits per heavy atom. The highest BCUT2D eigenvalue weighted by atomic mass is 32.2. The van der Waals surface area contributed by atoms with E-state index in [-0.39, 0.29) is 0 Å². The molecule has 3 aromatic rings. The summed E-state index contributed by atoms with van der Waals surface area (Å²) in [4.78, 5) is 5.31. The van der Waals surface area contributed by atoms with Crippen LogP contribution in [-0.2, 0) is 6.54 Å². The van der Waals surface area contributed by atoms with Crippen molar-refractivity contribution < 1.29 is 4.74 Å². The van der Waals surface area contributed by atoms with Crippen LogP contribution in [0.4, 0.5) is 16.5 Å². The topological polar surface area (TPSA) is 72.2 Å². The Labute approximate surface area is 149 Å². The van der Waals surface area contributed by atoms with Crippen LogP contribution >= 0.6 is 23.3 Å². The zero-order valence-corrected chi connectivity index (χ0v) is 14.8. The fraction of sp³-hybridized carbons (Fsp3) is 0.118. The lowest BCUT2D eigenvalue weighted by Crippen LogP contribution is -2.04. The van der Waals surface area contributed by atoms with Gasteiger partial charge in [-0.2, -0.15) is 0 Å². The van der Waals surface area contributed by atoms with Crippen molar-refractivity contribution in [2.24, 2.45) is 0 Å². The van der Waals surface area contributed by atoms with Crippen LogP contribution in [-0.4, -0.2) is 12.1 Å². The number of methoxy groups -OCH3 is 1. The number of anilines is 3. The second-order valence-corrected chi connectivity index (χ2v) is 6.73. The molecule has 4 N–H and O–H groups in total. The molecule has 0 aliphatic carbocycles. The SMILES string of the molecule is COc1cccc(CNc2ccc(SNc3nccs3)cc2)c1N. The van der Waals surface area contributed by atoms with Gasteiger partial charge in [0.2, 0.25) is 0 Å². The number of nitrogen functional groups attached to an aromatic ring is 1. The van der Waals surface area contributed by atoms with Gasteiger partial charge in [0.25, 0.3) is 0 Å². The number of para-hydroxylation sites is 1. The zero-order chi connectivity index (χ0) is 16.8. The summed E-state index contributed by atoms with van der Waals surface area (Å²) in [7, 11) is 1.62. The number of thiazole rings is 1. The van der Waals surface area contributed by atoms with Crippen LogP contribution < -0.4 is 20.5 Å². The van der Waals surface area contributed by atoms with E-state index in [1.54, 1.807) is 36.6 Å². The highest BCUT2D eigenvalue weighted by Gasteiger charge is 2.05. The first-order valence-corrected chi connectivity index (χ1v) is 9.03. The van der Waals surface area contributed by atoms with Gasteiger partial charge in [-0.15, -0.1) is 11.3 Å². The van der Waals surface area contributed by atoms with Crippen LogP contribution in [0.5, 0.6) is 5.75 Å². The number of hydrogen-bond donors (Lipinski definition) is 3. The monoisotopic (exact) mass is 358 g/mol. The molecule has 0 aliphatic rings. The van der Waals surface area contributed by atoms with Gasteiger partial charge < -0.3 is 20.5 Å². The molecule has 124 valence electrons. The summed E-state index contributed by atoms with van der Waals surface area (Å²) >= 11 is 3.12. The van der Waals surface area contributed by atoms with Crippen LogP contribution in [0.2, 0.25) is 0 Å². The van der Waals surface area contributed by atoms with Gasteiger partial charge in [0, 0.05) is 28.7 Å². The average Bonchev–Trinajstić information content (AvgIpc) is 3.13. The van der Waals surface area contributed by atoms with Gasteiger partial charge in [-0.25, -0.2) is 4.98 Å². The summed E-state index contributed by atoms with van der Waals surface area (Å²) < 4.78 is 8.46. The quantitative estimate of drug-likeness (QED) is 0.428. The van der Waals surface area contributed by atoms with E-state index in [4.69, 9.17) is 10.5 Å². The molecule has 24 heavy (non-hydrogen) atoms. The van der Waals surface area contributed by atoms with Crippen molar-refractivity contribution in [2.45, 2.75) is 11.4 Å². The van der Waals surface area contributed by atoms with Crippen LogP contribution in [0.1, 0.15) is 5.56 Å². The number of aromatic nitrogens is 1.